The van der Waals surface area contributed by atoms with E-state index in [9.17, 15) is 4.79 Å². The molecule has 0 atom stereocenters. The fraction of sp³-hybridized carbons (Fsp3) is 0.438. The third kappa shape index (κ3) is 3.58. The zero-order valence-corrected chi connectivity index (χ0v) is 13.5. The molecule has 1 fully saturated rings. The van der Waals surface area contributed by atoms with E-state index < -0.39 is 0 Å². The monoisotopic (exact) mass is 321 g/mol. The van der Waals surface area contributed by atoms with Crippen LogP contribution in [0.25, 0.3) is 4.91 Å². The van der Waals surface area contributed by atoms with Gasteiger partial charge >= 0.3 is 0 Å². The van der Waals surface area contributed by atoms with E-state index in [0.717, 1.165) is 47.2 Å². The Bertz CT molecular complexity index is 522. The van der Waals surface area contributed by atoms with Crippen molar-refractivity contribution in [3.05, 3.63) is 41.7 Å². The van der Waals surface area contributed by atoms with Crippen LogP contribution in [-0.2, 0) is 9.53 Å². The van der Waals surface area contributed by atoms with Gasteiger partial charge in [-0.15, -0.1) is 11.8 Å². The molecule has 0 saturated carbocycles. The van der Waals surface area contributed by atoms with Crippen LogP contribution >= 0.6 is 23.5 Å². The average Bonchev–Trinajstić information content (AvgIpc) is 2.84. The number of nitrogens with zero attached hydrogens (tertiary/aromatic N) is 1. The SMILES string of the molecule is O=C(C1=C(c2ccccc2)SCCO1)N1CCCSCC1. The van der Waals surface area contributed by atoms with Gasteiger partial charge in [-0.2, -0.15) is 11.8 Å². The molecule has 5 heteroatoms. The Morgan fingerprint density at radius 3 is 2.81 bits per heavy atom. The molecule has 1 aromatic rings. The Labute approximate surface area is 134 Å². The van der Waals surface area contributed by atoms with E-state index in [2.05, 4.69) is 0 Å². The van der Waals surface area contributed by atoms with Crippen LogP contribution in [0.5, 0.6) is 0 Å². The van der Waals surface area contributed by atoms with Crippen LogP contribution in [0.1, 0.15) is 12.0 Å². The minimum atomic E-state index is 0.0588. The molecule has 0 aliphatic carbocycles. The van der Waals surface area contributed by atoms with Crippen molar-refractivity contribution in [2.75, 3.05) is 37.0 Å². The van der Waals surface area contributed by atoms with Crippen molar-refractivity contribution in [1.82, 2.24) is 4.90 Å². The summed E-state index contributed by atoms with van der Waals surface area (Å²) in [6.07, 6.45) is 1.07. The number of benzene rings is 1. The molecule has 3 rings (SSSR count). The topological polar surface area (TPSA) is 29.5 Å². The summed E-state index contributed by atoms with van der Waals surface area (Å²) >= 11 is 3.65. The molecule has 2 aliphatic heterocycles. The summed E-state index contributed by atoms with van der Waals surface area (Å²) in [5, 5.41) is 0. The van der Waals surface area contributed by atoms with Crippen molar-refractivity contribution >= 4 is 34.3 Å². The molecule has 2 heterocycles. The molecule has 3 nitrogen and oxygen atoms in total. The normalized spacial score (nSPS) is 19.9. The molecule has 1 aromatic carbocycles. The maximum Gasteiger partial charge on any atom is 0.290 e. The molecular weight excluding hydrogens is 302 g/mol. The van der Waals surface area contributed by atoms with Crippen LogP contribution in [0.15, 0.2) is 36.1 Å². The van der Waals surface area contributed by atoms with Gasteiger partial charge in [-0.3, -0.25) is 4.79 Å². The molecule has 1 amide bonds. The molecule has 112 valence electrons. The number of carbonyl (C=O) groups is 1. The Morgan fingerprint density at radius 2 is 1.95 bits per heavy atom. The standard InChI is InChI=1S/C16H19NO2S2/c18-16(17-7-4-10-20-11-8-17)14-15(21-12-9-19-14)13-5-2-1-3-6-13/h1-3,5-6H,4,7-12H2. The number of rotatable bonds is 2. The van der Waals surface area contributed by atoms with Crippen LogP contribution in [0, 0.1) is 0 Å². The zero-order valence-electron chi connectivity index (χ0n) is 11.9. The second-order valence-corrected chi connectivity index (χ2v) is 7.31. The van der Waals surface area contributed by atoms with E-state index in [0.29, 0.717) is 12.4 Å². The highest BCUT2D eigenvalue weighted by Gasteiger charge is 2.27. The molecule has 0 aromatic heterocycles. The second-order valence-electron chi connectivity index (χ2n) is 4.98. The molecule has 0 spiro atoms. The maximum atomic E-state index is 12.8. The van der Waals surface area contributed by atoms with E-state index in [-0.39, 0.29) is 5.91 Å². The molecule has 21 heavy (non-hydrogen) atoms. The third-order valence-corrected chi connectivity index (χ3v) is 5.65. The summed E-state index contributed by atoms with van der Waals surface area (Å²) in [6, 6.07) is 10.1. The molecule has 2 aliphatic rings. The van der Waals surface area contributed by atoms with Crippen LogP contribution in [0.3, 0.4) is 0 Å². The molecule has 0 radical (unpaired) electrons. The van der Waals surface area contributed by atoms with Gasteiger partial charge in [0.1, 0.15) is 0 Å². The van der Waals surface area contributed by atoms with Gasteiger partial charge in [0.15, 0.2) is 5.76 Å². The van der Waals surface area contributed by atoms with Crippen molar-refractivity contribution in [3.8, 4) is 0 Å². The Morgan fingerprint density at radius 1 is 1.10 bits per heavy atom. The van der Waals surface area contributed by atoms with Crippen LogP contribution in [0.4, 0.5) is 0 Å². The third-order valence-electron chi connectivity index (χ3n) is 3.52. The van der Waals surface area contributed by atoms with Crippen molar-refractivity contribution in [3.63, 3.8) is 0 Å². The molecule has 0 bridgehead atoms. The lowest BCUT2D eigenvalue weighted by molar-refractivity contribution is -0.130. The number of amides is 1. The van der Waals surface area contributed by atoms with E-state index >= 15 is 0 Å². The smallest absolute Gasteiger partial charge is 0.290 e. The number of hydrogen-bond acceptors (Lipinski definition) is 4. The van der Waals surface area contributed by atoms with Gasteiger partial charge in [-0.25, -0.2) is 0 Å². The Kier molecular flexibility index (Phi) is 5.14. The summed E-state index contributed by atoms with van der Waals surface area (Å²) < 4.78 is 5.76. The molecule has 0 N–H and O–H groups in total. The van der Waals surface area contributed by atoms with Gasteiger partial charge in [0.05, 0.1) is 11.5 Å². The van der Waals surface area contributed by atoms with E-state index in [1.165, 1.54) is 0 Å². The summed E-state index contributed by atoms with van der Waals surface area (Å²) in [5.74, 6) is 3.67. The summed E-state index contributed by atoms with van der Waals surface area (Å²) in [4.78, 5) is 15.7. The first-order valence-corrected chi connectivity index (χ1v) is 9.42. The minimum absolute atomic E-state index is 0.0588. The quantitative estimate of drug-likeness (QED) is 0.837. The number of thioether (sulfide) groups is 2. The van der Waals surface area contributed by atoms with Crippen molar-refractivity contribution in [1.29, 1.82) is 0 Å². The Balaban J connectivity index is 1.88. The Hall–Kier alpha value is -1.07. The van der Waals surface area contributed by atoms with Crippen LogP contribution in [0.2, 0.25) is 0 Å². The van der Waals surface area contributed by atoms with Gasteiger partial charge in [-0.1, -0.05) is 30.3 Å². The van der Waals surface area contributed by atoms with Crippen molar-refractivity contribution in [2.24, 2.45) is 0 Å². The summed E-state index contributed by atoms with van der Waals surface area (Å²) in [7, 11) is 0. The molecule has 1 saturated heterocycles. The number of carbonyl (C=O) groups excluding carboxylic acids is 1. The van der Waals surface area contributed by atoms with E-state index in [1.807, 2.05) is 47.0 Å². The number of hydrogen-bond donors (Lipinski definition) is 0. The molecular formula is C16H19NO2S2. The van der Waals surface area contributed by atoms with E-state index in [1.54, 1.807) is 11.8 Å². The van der Waals surface area contributed by atoms with Gasteiger partial charge in [0, 0.05) is 24.6 Å². The fourth-order valence-corrected chi connectivity index (χ4v) is 4.31. The maximum absolute atomic E-state index is 12.8. The predicted molar refractivity (Wildman–Crippen MR) is 90.3 cm³/mol. The van der Waals surface area contributed by atoms with Crippen LogP contribution < -0.4 is 0 Å². The number of ether oxygens (including phenoxy) is 1. The largest absolute Gasteiger partial charge is 0.486 e. The minimum Gasteiger partial charge on any atom is -0.486 e. The molecule has 0 unspecified atom stereocenters. The highest BCUT2D eigenvalue weighted by atomic mass is 32.2. The first-order valence-electron chi connectivity index (χ1n) is 7.28. The first-order chi connectivity index (χ1) is 10.4. The lowest BCUT2D eigenvalue weighted by Gasteiger charge is -2.26. The van der Waals surface area contributed by atoms with Gasteiger partial charge in [-0.05, 0) is 17.7 Å². The highest BCUT2D eigenvalue weighted by molar-refractivity contribution is 8.08. The summed E-state index contributed by atoms with van der Waals surface area (Å²) in [5.41, 5.74) is 1.08. The lowest BCUT2D eigenvalue weighted by Crippen LogP contribution is -2.35. The highest BCUT2D eigenvalue weighted by Crippen LogP contribution is 2.35. The van der Waals surface area contributed by atoms with Gasteiger partial charge < -0.3 is 9.64 Å². The lowest BCUT2D eigenvalue weighted by atomic mass is 10.2. The van der Waals surface area contributed by atoms with E-state index in [4.69, 9.17) is 4.74 Å². The van der Waals surface area contributed by atoms with Crippen LogP contribution in [-0.4, -0.2) is 47.8 Å². The first kappa shape index (κ1) is 14.9. The van der Waals surface area contributed by atoms with Crippen molar-refractivity contribution < 1.29 is 9.53 Å². The van der Waals surface area contributed by atoms with Gasteiger partial charge in [0.2, 0.25) is 0 Å². The fourth-order valence-electron chi connectivity index (χ4n) is 2.47. The van der Waals surface area contributed by atoms with Crippen molar-refractivity contribution in [2.45, 2.75) is 6.42 Å². The summed E-state index contributed by atoms with van der Waals surface area (Å²) in [6.45, 7) is 2.28. The predicted octanol–water partition coefficient (Wildman–Crippen LogP) is 3.08. The second kappa shape index (κ2) is 7.27. The van der Waals surface area contributed by atoms with Gasteiger partial charge in [0.25, 0.3) is 5.91 Å². The average molecular weight is 321 g/mol. The zero-order chi connectivity index (χ0) is 14.5.